The van der Waals surface area contributed by atoms with E-state index in [9.17, 15) is 8.42 Å². The minimum Gasteiger partial charge on any atom is -0.316 e. The topological polar surface area (TPSA) is 51.4 Å². The Bertz CT molecular complexity index is 1030. The molecule has 4 nitrogen and oxygen atoms in total. The molecule has 0 aliphatic heterocycles. The quantitative estimate of drug-likeness (QED) is 0.727. The summed E-state index contributed by atoms with van der Waals surface area (Å²) in [5.41, 5.74) is 3.41. The molecule has 0 amide bonds. The molecule has 1 heterocycles. The molecule has 0 saturated heterocycles. The number of hydrogen-bond donors (Lipinski definition) is 0. The Morgan fingerprint density at radius 3 is 2.39 bits per heavy atom. The van der Waals surface area contributed by atoms with Gasteiger partial charge in [0.05, 0.1) is 15.1 Å². The number of sulfonamides is 1. The van der Waals surface area contributed by atoms with E-state index in [4.69, 9.17) is 0 Å². The molecule has 6 heteroatoms. The fourth-order valence-corrected chi connectivity index (χ4v) is 4.84. The van der Waals surface area contributed by atoms with E-state index in [-0.39, 0.29) is 4.90 Å². The Morgan fingerprint density at radius 2 is 1.74 bits per heavy atom. The van der Waals surface area contributed by atoms with Crippen molar-refractivity contribution in [2.45, 2.75) is 32.2 Å². The summed E-state index contributed by atoms with van der Waals surface area (Å²) >= 11 is 1.41. The average Bonchev–Trinajstić information content (AvgIpc) is 2.84. The first-order valence-electron chi connectivity index (χ1n) is 7.39. The molecule has 0 spiro atoms. The van der Waals surface area contributed by atoms with Gasteiger partial charge in [-0.15, -0.1) is 4.40 Å². The van der Waals surface area contributed by atoms with Crippen molar-refractivity contribution >= 4 is 31.6 Å². The maximum atomic E-state index is 12.5. The van der Waals surface area contributed by atoms with Gasteiger partial charge in [0.25, 0.3) is 10.0 Å². The number of rotatable bonds is 3. The minimum atomic E-state index is -3.70. The lowest BCUT2D eigenvalue weighted by Gasteiger charge is -2.03. The average molecular weight is 346 g/mol. The summed E-state index contributed by atoms with van der Waals surface area (Å²) in [5, 5.41) is 0. The van der Waals surface area contributed by atoms with Crippen LogP contribution in [0.5, 0.6) is 0 Å². The lowest BCUT2D eigenvalue weighted by molar-refractivity contribution is 0.595. The van der Waals surface area contributed by atoms with Crippen molar-refractivity contribution in [1.29, 1.82) is 0 Å². The molecule has 0 aliphatic rings. The Hall–Kier alpha value is -1.92. The first kappa shape index (κ1) is 16.0. The maximum absolute atomic E-state index is 12.5. The molecule has 0 saturated carbocycles. The zero-order chi connectivity index (χ0) is 16.6. The van der Waals surface area contributed by atoms with Crippen LogP contribution in [0.25, 0.3) is 10.2 Å². The third kappa shape index (κ3) is 2.96. The smallest absolute Gasteiger partial charge is 0.285 e. The van der Waals surface area contributed by atoms with Crippen molar-refractivity contribution in [3.05, 3.63) is 58.4 Å². The van der Waals surface area contributed by atoms with E-state index >= 15 is 0 Å². The van der Waals surface area contributed by atoms with Crippen LogP contribution in [-0.2, 0) is 16.6 Å². The molecular weight excluding hydrogens is 328 g/mol. The second-order valence-electron chi connectivity index (χ2n) is 5.41. The number of nitrogens with zero attached hydrogens (tertiary/aromatic N) is 2. The van der Waals surface area contributed by atoms with E-state index in [1.807, 2.05) is 11.5 Å². The fraction of sp³-hybridized carbons (Fsp3) is 0.235. The van der Waals surface area contributed by atoms with Crippen molar-refractivity contribution in [3.63, 3.8) is 0 Å². The van der Waals surface area contributed by atoms with Gasteiger partial charge in [-0.1, -0.05) is 29.5 Å². The molecule has 0 N–H and O–H groups in total. The number of benzene rings is 2. The molecule has 3 rings (SSSR count). The van der Waals surface area contributed by atoms with Crippen molar-refractivity contribution in [2.24, 2.45) is 4.40 Å². The second kappa shape index (κ2) is 5.94. The summed E-state index contributed by atoms with van der Waals surface area (Å²) < 4.78 is 32.1. The Labute approximate surface area is 139 Å². The number of aryl methyl sites for hydroxylation is 3. The molecular formula is C17H18N2O2S2. The van der Waals surface area contributed by atoms with E-state index in [0.717, 1.165) is 10.2 Å². The highest BCUT2D eigenvalue weighted by Gasteiger charge is 2.14. The molecule has 3 aromatic rings. The minimum absolute atomic E-state index is 0.215. The second-order valence-corrected chi connectivity index (χ2v) is 8.03. The predicted octanol–water partition coefficient (Wildman–Crippen LogP) is 3.63. The van der Waals surface area contributed by atoms with Gasteiger partial charge in [-0.05, 0) is 56.2 Å². The van der Waals surface area contributed by atoms with Gasteiger partial charge < -0.3 is 4.57 Å². The van der Waals surface area contributed by atoms with E-state index in [1.54, 1.807) is 30.3 Å². The van der Waals surface area contributed by atoms with Gasteiger partial charge in [0.1, 0.15) is 0 Å². The number of hydrogen-bond acceptors (Lipinski definition) is 3. The third-order valence-electron chi connectivity index (χ3n) is 3.85. The summed E-state index contributed by atoms with van der Waals surface area (Å²) in [6.45, 7) is 6.79. The van der Waals surface area contributed by atoms with Gasteiger partial charge in [0.15, 0.2) is 0 Å². The molecule has 2 aromatic carbocycles. The normalized spacial score (nSPS) is 12.9. The molecule has 0 radical (unpaired) electrons. The molecule has 0 atom stereocenters. The lowest BCUT2D eigenvalue weighted by Crippen LogP contribution is -2.16. The zero-order valence-electron chi connectivity index (χ0n) is 13.3. The van der Waals surface area contributed by atoms with Crippen molar-refractivity contribution in [3.8, 4) is 0 Å². The Kier molecular flexibility index (Phi) is 4.12. The summed E-state index contributed by atoms with van der Waals surface area (Å²) in [7, 11) is -3.70. The van der Waals surface area contributed by atoms with Gasteiger partial charge in [-0.2, -0.15) is 8.42 Å². The molecule has 23 heavy (non-hydrogen) atoms. The van der Waals surface area contributed by atoms with Gasteiger partial charge in [-0.25, -0.2) is 0 Å². The molecule has 0 aliphatic carbocycles. The lowest BCUT2D eigenvalue weighted by atomic mass is 10.1. The van der Waals surface area contributed by atoms with Gasteiger partial charge in [0.2, 0.25) is 4.80 Å². The zero-order valence-corrected chi connectivity index (χ0v) is 14.9. The standard InChI is InChI=1S/C17H18N2O2S2/c1-4-19-15-10-12(2)13(3)11-16(15)22-17(19)18-23(20,21)14-8-6-5-7-9-14/h5-11H,4H2,1-3H3/b18-17-. The highest BCUT2D eigenvalue weighted by Crippen LogP contribution is 2.22. The molecule has 0 unspecified atom stereocenters. The molecule has 1 aromatic heterocycles. The van der Waals surface area contributed by atoms with Gasteiger partial charge in [0, 0.05) is 6.54 Å². The van der Waals surface area contributed by atoms with Crippen LogP contribution in [-0.4, -0.2) is 13.0 Å². The van der Waals surface area contributed by atoms with E-state index in [1.165, 1.54) is 22.5 Å². The van der Waals surface area contributed by atoms with Crippen LogP contribution in [0.2, 0.25) is 0 Å². The van der Waals surface area contributed by atoms with Crippen LogP contribution < -0.4 is 4.80 Å². The van der Waals surface area contributed by atoms with Crippen LogP contribution in [0, 0.1) is 13.8 Å². The van der Waals surface area contributed by atoms with E-state index < -0.39 is 10.0 Å². The first-order chi connectivity index (χ1) is 10.9. The van der Waals surface area contributed by atoms with E-state index in [0.29, 0.717) is 11.3 Å². The largest absolute Gasteiger partial charge is 0.316 e. The summed E-state index contributed by atoms with van der Waals surface area (Å²) in [6, 6.07) is 12.5. The molecule has 0 fully saturated rings. The highest BCUT2D eigenvalue weighted by molar-refractivity contribution is 7.90. The fourth-order valence-electron chi connectivity index (χ4n) is 2.45. The van der Waals surface area contributed by atoms with Crippen LogP contribution >= 0.6 is 11.3 Å². The van der Waals surface area contributed by atoms with Crippen molar-refractivity contribution in [1.82, 2.24) is 4.57 Å². The Morgan fingerprint density at radius 1 is 1.09 bits per heavy atom. The number of thiazole rings is 1. The SMILES string of the molecule is CCn1/c(=N/S(=O)(=O)c2ccccc2)sc2cc(C)c(C)cc21. The highest BCUT2D eigenvalue weighted by atomic mass is 32.2. The van der Waals surface area contributed by atoms with Crippen LogP contribution in [0.4, 0.5) is 0 Å². The van der Waals surface area contributed by atoms with Gasteiger partial charge in [-0.3, -0.25) is 0 Å². The van der Waals surface area contributed by atoms with Crippen molar-refractivity contribution in [2.75, 3.05) is 0 Å². The molecule has 120 valence electrons. The number of fused-ring (bicyclic) bond motifs is 1. The summed E-state index contributed by atoms with van der Waals surface area (Å²) in [4.78, 5) is 0.726. The summed E-state index contributed by atoms with van der Waals surface area (Å²) in [6.07, 6.45) is 0. The summed E-state index contributed by atoms with van der Waals surface area (Å²) in [5.74, 6) is 0. The van der Waals surface area contributed by atoms with Crippen LogP contribution in [0.3, 0.4) is 0 Å². The van der Waals surface area contributed by atoms with Crippen LogP contribution in [0.1, 0.15) is 18.1 Å². The van der Waals surface area contributed by atoms with E-state index in [2.05, 4.69) is 30.4 Å². The Balaban J connectivity index is 2.28. The maximum Gasteiger partial charge on any atom is 0.285 e. The predicted molar refractivity (Wildman–Crippen MR) is 94.2 cm³/mol. The number of aromatic nitrogens is 1. The van der Waals surface area contributed by atoms with Gasteiger partial charge >= 0.3 is 0 Å². The monoisotopic (exact) mass is 346 g/mol. The van der Waals surface area contributed by atoms with Crippen LogP contribution in [0.15, 0.2) is 51.8 Å². The van der Waals surface area contributed by atoms with Crippen molar-refractivity contribution < 1.29 is 8.42 Å². The first-order valence-corrected chi connectivity index (χ1v) is 9.64. The third-order valence-corrected chi connectivity index (χ3v) is 6.29. The molecule has 0 bridgehead atoms.